The molecular weight excluding hydrogens is 625 g/mol. The lowest BCUT2D eigenvalue weighted by Gasteiger charge is -2.25. The smallest absolute Gasteiger partial charge is 0.227 e. The molecule has 0 bridgehead atoms. The zero-order chi connectivity index (χ0) is 32.1. The van der Waals surface area contributed by atoms with E-state index < -0.39 is 0 Å². The number of thiophene rings is 1. The third-order valence-corrected chi connectivity index (χ3v) is 10.6. The number of benzene rings is 7. The molecule has 0 fully saturated rings. The van der Waals surface area contributed by atoms with Crippen molar-refractivity contribution in [2.75, 3.05) is 4.90 Å². The van der Waals surface area contributed by atoms with Crippen molar-refractivity contribution in [1.29, 1.82) is 0 Å². The Morgan fingerprint density at radius 2 is 1.02 bits per heavy atom. The topological polar surface area (TPSA) is 55.6 Å². The quantitative estimate of drug-likeness (QED) is 0.190. The number of aromatic nitrogens is 1. The molecule has 0 saturated heterocycles. The Bertz CT molecular complexity index is 3070. The highest BCUT2D eigenvalue weighted by Gasteiger charge is 2.20. The zero-order valence-corrected chi connectivity index (χ0v) is 26.7. The molecule has 0 spiro atoms. The summed E-state index contributed by atoms with van der Waals surface area (Å²) in [5.74, 6) is 0.596. The number of rotatable bonds is 4. The average molecular weight is 649 g/mol. The van der Waals surface area contributed by atoms with Crippen molar-refractivity contribution in [3.05, 3.63) is 146 Å². The molecule has 4 aromatic heterocycles. The van der Waals surface area contributed by atoms with E-state index in [0.29, 0.717) is 11.5 Å². The molecule has 49 heavy (non-hydrogen) atoms. The van der Waals surface area contributed by atoms with E-state index in [1.807, 2.05) is 59.9 Å². The maximum Gasteiger partial charge on any atom is 0.227 e. The van der Waals surface area contributed by atoms with Crippen LogP contribution in [0.15, 0.2) is 159 Å². The summed E-state index contributed by atoms with van der Waals surface area (Å²) in [6.07, 6.45) is 0. The van der Waals surface area contributed by atoms with Gasteiger partial charge >= 0.3 is 0 Å². The van der Waals surface area contributed by atoms with Crippen LogP contribution in [-0.4, -0.2) is 4.98 Å². The summed E-state index contributed by atoms with van der Waals surface area (Å²) in [6, 6.07) is 50.5. The Kier molecular flexibility index (Phi) is 5.48. The normalized spacial score (nSPS) is 12.1. The van der Waals surface area contributed by atoms with Gasteiger partial charge in [0.25, 0.3) is 0 Å². The van der Waals surface area contributed by atoms with Gasteiger partial charge in [-0.25, -0.2) is 4.98 Å². The van der Waals surface area contributed by atoms with E-state index in [9.17, 15) is 0 Å². The van der Waals surface area contributed by atoms with E-state index >= 15 is 0 Å². The lowest BCUT2D eigenvalue weighted by molar-refractivity contribution is 0.617. The van der Waals surface area contributed by atoms with Crippen molar-refractivity contribution in [3.8, 4) is 11.5 Å². The lowest BCUT2D eigenvalue weighted by atomic mass is 10.1. The summed E-state index contributed by atoms with van der Waals surface area (Å²) in [6.45, 7) is 0. The highest BCUT2D eigenvalue weighted by molar-refractivity contribution is 7.25. The van der Waals surface area contributed by atoms with Crippen molar-refractivity contribution < 1.29 is 13.3 Å². The minimum atomic E-state index is 0.596. The summed E-state index contributed by atoms with van der Waals surface area (Å²) in [5.41, 5.74) is 8.90. The van der Waals surface area contributed by atoms with E-state index in [1.54, 1.807) is 0 Å². The first kappa shape index (κ1) is 26.7. The molecule has 6 heteroatoms. The molecule has 0 amide bonds. The van der Waals surface area contributed by atoms with Gasteiger partial charge in [-0.3, -0.25) is 0 Å². The van der Waals surface area contributed by atoms with Crippen molar-refractivity contribution >= 4 is 104 Å². The summed E-state index contributed by atoms with van der Waals surface area (Å²) in [5, 5.41) is 6.74. The Balaban J connectivity index is 1.12. The number of hydrogen-bond acceptors (Lipinski definition) is 6. The van der Waals surface area contributed by atoms with E-state index in [0.717, 1.165) is 72.0 Å². The molecule has 0 aliphatic rings. The highest BCUT2D eigenvalue weighted by Crippen LogP contribution is 2.44. The number of para-hydroxylation sites is 1. The van der Waals surface area contributed by atoms with Gasteiger partial charge < -0.3 is 18.2 Å². The molecule has 0 radical (unpaired) electrons. The van der Waals surface area contributed by atoms with Crippen LogP contribution in [0.2, 0.25) is 0 Å². The number of fused-ring (bicyclic) bond motifs is 10. The van der Waals surface area contributed by atoms with Gasteiger partial charge in [-0.2, -0.15) is 0 Å². The molecule has 230 valence electrons. The largest absolute Gasteiger partial charge is 0.456 e. The van der Waals surface area contributed by atoms with Gasteiger partial charge in [-0.15, -0.1) is 11.3 Å². The van der Waals surface area contributed by atoms with Gasteiger partial charge in [0.1, 0.15) is 27.8 Å². The first-order chi connectivity index (χ1) is 24.2. The lowest BCUT2D eigenvalue weighted by Crippen LogP contribution is -2.09. The Morgan fingerprint density at radius 1 is 0.408 bits per heavy atom. The molecule has 11 rings (SSSR count). The third kappa shape index (κ3) is 4.08. The average Bonchev–Trinajstić information content (AvgIpc) is 3.92. The van der Waals surface area contributed by atoms with Crippen LogP contribution in [-0.2, 0) is 0 Å². The van der Waals surface area contributed by atoms with Crippen LogP contribution in [0.5, 0.6) is 0 Å². The SMILES string of the molecule is c1ccc(-c2nc3cc4c(cc3o2)oc2ccc(N(c3ccc5c(c3)sc3ccccc35)c3ccc5oc6ccccc6c5c3)cc24)cc1. The van der Waals surface area contributed by atoms with Gasteiger partial charge in [0.2, 0.25) is 5.89 Å². The van der Waals surface area contributed by atoms with Gasteiger partial charge in [0.05, 0.1) is 0 Å². The van der Waals surface area contributed by atoms with Crippen molar-refractivity contribution in [1.82, 2.24) is 4.98 Å². The molecule has 0 unspecified atom stereocenters. The predicted octanol–water partition coefficient (Wildman–Crippen LogP) is 13.1. The zero-order valence-electron chi connectivity index (χ0n) is 25.9. The van der Waals surface area contributed by atoms with Crippen LogP contribution in [0.3, 0.4) is 0 Å². The minimum Gasteiger partial charge on any atom is -0.456 e. The molecule has 0 aliphatic heterocycles. The molecule has 5 nitrogen and oxygen atoms in total. The first-order valence-electron chi connectivity index (χ1n) is 16.2. The highest BCUT2D eigenvalue weighted by atomic mass is 32.1. The summed E-state index contributed by atoms with van der Waals surface area (Å²) in [7, 11) is 0. The summed E-state index contributed by atoms with van der Waals surface area (Å²) >= 11 is 1.82. The van der Waals surface area contributed by atoms with Gasteiger partial charge in [0, 0.05) is 70.4 Å². The number of hydrogen-bond donors (Lipinski definition) is 0. The number of anilines is 3. The van der Waals surface area contributed by atoms with E-state index in [4.69, 9.17) is 18.2 Å². The van der Waals surface area contributed by atoms with Crippen LogP contribution < -0.4 is 4.90 Å². The maximum atomic E-state index is 6.39. The first-order valence-corrected chi connectivity index (χ1v) is 17.0. The van der Waals surface area contributed by atoms with Crippen LogP contribution in [0.25, 0.3) is 86.6 Å². The molecule has 0 atom stereocenters. The second-order valence-corrected chi connectivity index (χ2v) is 13.5. The van der Waals surface area contributed by atoms with Gasteiger partial charge in [-0.05, 0) is 78.9 Å². The fraction of sp³-hybridized carbons (Fsp3) is 0. The molecule has 0 saturated carbocycles. The van der Waals surface area contributed by atoms with Crippen molar-refractivity contribution in [2.45, 2.75) is 0 Å². The van der Waals surface area contributed by atoms with Crippen LogP contribution in [0, 0.1) is 0 Å². The molecule has 7 aromatic carbocycles. The molecule has 0 N–H and O–H groups in total. The third-order valence-electron chi connectivity index (χ3n) is 9.48. The standard InChI is InChI=1S/C43H24N2O3S/c1-2-8-25(9-3-1)43-44-35-23-34-33-21-27(16-19-38(33)47-39(34)24-40(35)48-43)45(26-15-18-37-32(20-26)29-10-4-6-12-36(29)46-37)28-14-17-31-30-11-5-7-13-41(30)49-42(31)22-28/h1-24H. The molecular formula is C43H24N2O3S. The summed E-state index contributed by atoms with van der Waals surface area (Å²) < 4.78 is 21.3. The Hall–Kier alpha value is -6.37. The maximum absolute atomic E-state index is 6.39. The van der Waals surface area contributed by atoms with Crippen LogP contribution in [0.1, 0.15) is 0 Å². The minimum absolute atomic E-state index is 0.596. The molecule has 11 aromatic rings. The molecule has 0 aliphatic carbocycles. The van der Waals surface area contributed by atoms with Crippen molar-refractivity contribution in [3.63, 3.8) is 0 Å². The van der Waals surface area contributed by atoms with Gasteiger partial charge in [-0.1, -0.05) is 60.7 Å². The van der Waals surface area contributed by atoms with Crippen LogP contribution >= 0.6 is 11.3 Å². The van der Waals surface area contributed by atoms with Crippen LogP contribution in [0.4, 0.5) is 17.1 Å². The number of nitrogens with zero attached hydrogens (tertiary/aromatic N) is 2. The Morgan fingerprint density at radius 3 is 1.86 bits per heavy atom. The molecule has 4 heterocycles. The predicted molar refractivity (Wildman–Crippen MR) is 202 cm³/mol. The van der Waals surface area contributed by atoms with E-state index in [-0.39, 0.29) is 0 Å². The second-order valence-electron chi connectivity index (χ2n) is 12.4. The van der Waals surface area contributed by atoms with Gasteiger partial charge in [0.15, 0.2) is 5.58 Å². The fourth-order valence-electron chi connectivity index (χ4n) is 7.18. The monoisotopic (exact) mass is 648 g/mol. The van der Waals surface area contributed by atoms with Crippen molar-refractivity contribution in [2.24, 2.45) is 0 Å². The number of oxazole rings is 1. The second kappa shape index (κ2) is 10.1. The van der Waals surface area contributed by atoms with E-state index in [2.05, 4.69) is 102 Å². The van der Waals surface area contributed by atoms with E-state index in [1.165, 1.54) is 20.2 Å². The number of furan rings is 2. The Labute approximate surface area is 282 Å². The fourth-order valence-corrected chi connectivity index (χ4v) is 8.32. The summed E-state index contributed by atoms with van der Waals surface area (Å²) in [4.78, 5) is 7.17.